The highest BCUT2D eigenvalue weighted by atomic mass is 35.5. The quantitative estimate of drug-likeness (QED) is 0.505. The van der Waals surface area contributed by atoms with E-state index >= 15 is 0 Å². The summed E-state index contributed by atoms with van der Waals surface area (Å²) in [4.78, 5) is 11.0. The van der Waals surface area contributed by atoms with E-state index in [0.717, 1.165) is 0 Å². The fourth-order valence-electron chi connectivity index (χ4n) is 0.636. The molecule has 0 radical (unpaired) electrons. The molecule has 0 bridgehead atoms. The molecule has 0 rings (SSSR count). The maximum atomic E-state index is 11.0. The Labute approximate surface area is 73.6 Å². The van der Waals surface area contributed by atoms with E-state index in [0.29, 0.717) is 12.3 Å². The molecule has 0 fully saturated rings. The van der Waals surface area contributed by atoms with Crippen LogP contribution in [0, 0.1) is 0 Å². The van der Waals surface area contributed by atoms with Crippen molar-refractivity contribution >= 4 is 31.4 Å². The van der Waals surface area contributed by atoms with Crippen LogP contribution in [-0.4, -0.2) is 23.1 Å². The lowest BCUT2D eigenvalue weighted by atomic mass is 10.6. The highest BCUT2D eigenvalue weighted by Crippen LogP contribution is 2.29. The lowest BCUT2D eigenvalue weighted by molar-refractivity contribution is -0.159. The summed E-state index contributed by atoms with van der Waals surface area (Å²) in [5.74, 6) is 0. The molecule has 2 unspecified atom stereocenters. The molecule has 4 heteroatoms. The van der Waals surface area contributed by atoms with Crippen molar-refractivity contribution in [2.45, 2.75) is 24.6 Å². The molecule has 62 valence electrons. The van der Waals surface area contributed by atoms with Crippen LogP contribution in [0.5, 0.6) is 0 Å². The summed E-state index contributed by atoms with van der Waals surface area (Å²) in [6.07, 6.45) is 1.15. The normalized spacial score (nSPS) is 20.1. The zero-order valence-corrected chi connectivity index (χ0v) is 8.59. The summed E-state index contributed by atoms with van der Waals surface area (Å²) < 4.78 is 0. The van der Waals surface area contributed by atoms with Crippen molar-refractivity contribution in [3.05, 3.63) is 0 Å². The van der Waals surface area contributed by atoms with Gasteiger partial charge in [-0.25, -0.2) is 8.15 Å². The third-order valence-electron chi connectivity index (χ3n) is 0.910. The summed E-state index contributed by atoms with van der Waals surface area (Å²) in [5, 5.41) is -0.00180. The van der Waals surface area contributed by atoms with Gasteiger partial charge in [-0.2, -0.15) is 0 Å². The van der Waals surface area contributed by atoms with Crippen molar-refractivity contribution in [2.24, 2.45) is 0 Å². The summed E-state index contributed by atoms with van der Waals surface area (Å²) in [6, 6.07) is 0. The first-order valence-corrected chi connectivity index (χ1v) is 5.73. The predicted molar refractivity (Wildman–Crippen MR) is 47.3 cm³/mol. The highest BCUT2D eigenvalue weighted by Gasteiger charge is 2.02. The second kappa shape index (κ2) is 5.60. The highest BCUT2D eigenvalue weighted by molar-refractivity contribution is 7.50. The van der Waals surface area contributed by atoms with E-state index in [1.165, 1.54) is 0 Å². The zero-order valence-electron chi connectivity index (χ0n) is 6.18. The minimum absolute atomic E-state index is 0.000900. The molecule has 10 heavy (non-hydrogen) atoms. The summed E-state index contributed by atoms with van der Waals surface area (Å²) >= 11 is 11.3. The van der Waals surface area contributed by atoms with Gasteiger partial charge in [-0.05, 0) is 26.2 Å². The Hall–Kier alpha value is 0.970. The second-order valence-electron chi connectivity index (χ2n) is 2.41. The van der Waals surface area contributed by atoms with Crippen LogP contribution in [0.2, 0.25) is 0 Å². The van der Waals surface area contributed by atoms with E-state index in [9.17, 15) is 4.89 Å². The van der Waals surface area contributed by atoms with E-state index in [4.69, 9.17) is 23.2 Å². The van der Waals surface area contributed by atoms with Crippen LogP contribution in [0.15, 0.2) is 0 Å². The van der Waals surface area contributed by atoms with Crippen molar-refractivity contribution in [3.63, 3.8) is 0 Å². The van der Waals surface area contributed by atoms with Gasteiger partial charge in [0.05, 0.1) is 0 Å². The molecule has 1 nitrogen and oxygen atoms in total. The van der Waals surface area contributed by atoms with Crippen LogP contribution in [0.25, 0.3) is 0 Å². The van der Waals surface area contributed by atoms with Crippen LogP contribution < -0.4 is 4.89 Å². The molecular weight excluding hydrogens is 190 g/mol. The van der Waals surface area contributed by atoms with Gasteiger partial charge in [-0.1, -0.05) is 0 Å². The van der Waals surface area contributed by atoms with Crippen LogP contribution >= 0.6 is 31.4 Å². The molecule has 0 aromatic heterocycles. The van der Waals surface area contributed by atoms with Crippen LogP contribution in [0.3, 0.4) is 0 Å². The van der Waals surface area contributed by atoms with Gasteiger partial charge in [0.2, 0.25) is 0 Å². The standard InChI is InChI=1S/C6H12Cl2OP/c1-5(7)3-10(9)4-6(2)8/h5-6H,3-4H2,1-2H3/q-1. The van der Waals surface area contributed by atoms with Crippen molar-refractivity contribution in [3.8, 4) is 0 Å². The van der Waals surface area contributed by atoms with Crippen LogP contribution in [0.4, 0.5) is 0 Å². The van der Waals surface area contributed by atoms with Gasteiger partial charge in [0, 0.05) is 10.8 Å². The first-order chi connectivity index (χ1) is 4.52. The Morgan fingerprint density at radius 3 is 1.70 bits per heavy atom. The molecule has 2 atom stereocenters. The maximum Gasteiger partial charge on any atom is 0.0335 e. The monoisotopic (exact) mass is 201 g/mol. The average Bonchev–Trinajstić information content (AvgIpc) is 1.58. The van der Waals surface area contributed by atoms with E-state index in [-0.39, 0.29) is 10.8 Å². The molecule has 0 saturated heterocycles. The Morgan fingerprint density at radius 1 is 1.20 bits per heavy atom. The largest absolute Gasteiger partial charge is 0.829 e. The molecular formula is C6H12Cl2OP-. The van der Waals surface area contributed by atoms with Gasteiger partial charge in [0.25, 0.3) is 0 Å². The van der Waals surface area contributed by atoms with Crippen molar-refractivity contribution in [2.75, 3.05) is 12.3 Å². The van der Waals surface area contributed by atoms with Gasteiger partial charge < -0.3 is 4.89 Å². The Kier molecular flexibility index (Phi) is 6.14. The lowest BCUT2D eigenvalue weighted by Gasteiger charge is -2.25. The molecule has 0 amide bonds. The SMILES string of the molecule is CC(Cl)CP([O-])CC(C)Cl. The summed E-state index contributed by atoms with van der Waals surface area (Å²) in [5.41, 5.74) is 0. The first kappa shape index (κ1) is 11.0. The smallest absolute Gasteiger partial charge is 0.0335 e. The Bertz CT molecular complexity index is 77.8. The third kappa shape index (κ3) is 7.08. The average molecular weight is 202 g/mol. The van der Waals surface area contributed by atoms with Crippen LogP contribution in [0.1, 0.15) is 13.8 Å². The second-order valence-corrected chi connectivity index (χ2v) is 5.59. The van der Waals surface area contributed by atoms with E-state index in [1.807, 2.05) is 13.8 Å². The Morgan fingerprint density at radius 2 is 1.50 bits per heavy atom. The molecule has 0 aliphatic heterocycles. The van der Waals surface area contributed by atoms with Gasteiger partial charge in [0.15, 0.2) is 0 Å². The molecule has 0 N–H and O–H groups in total. The molecule has 0 spiro atoms. The van der Waals surface area contributed by atoms with Crippen LogP contribution in [-0.2, 0) is 0 Å². The molecule has 0 heterocycles. The maximum absolute atomic E-state index is 11.0. The Balaban J connectivity index is 3.34. The van der Waals surface area contributed by atoms with E-state index in [2.05, 4.69) is 0 Å². The van der Waals surface area contributed by atoms with Gasteiger partial charge in [-0.15, -0.1) is 23.2 Å². The van der Waals surface area contributed by atoms with Crippen molar-refractivity contribution in [1.29, 1.82) is 0 Å². The number of hydrogen-bond acceptors (Lipinski definition) is 1. The fourth-order valence-corrected chi connectivity index (χ4v) is 2.83. The molecule has 0 saturated carbocycles. The van der Waals surface area contributed by atoms with E-state index in [1.54, 1.807) is 0 Å². The molecule has 0 aliphatic carbocycles. The van der Waals surface area contributed by atoms with Crippen molar-refractivity contribution in [1.82, 2.24) is 0 Å². The minimum atomic E-state index is -1.17. The number of hydrogen-bond donors (Lipinski definition) is 0. The lowest BCUT2D eigenvalue weighted by Crippen LogP contribution is -2.13. The molecule has 0 aliphatic rings. The first-order valence-electron chi connectivity index (χ1n) is 3.22. The van der Waals surface area contributed by atoms with E-state index < -0.39 is 8.15 Å². The van der Waals surface area contributed by atoms with Gasteiger partial charge in [0.1, 0.15) is 0 Å². The fraction of sp³-hybridized carbons (Fsp3) is 1.00. The predicted octanol–water partition coefficient (Wildman–Crippen LogP) is 2.00. The van der Waals surface area contributed by atoms with Crippen molar-refractivity contribution < 1.29 is 4.89 Å². The number of rotatable bonds is 4. The van der Waals surface area contributed by atoms with Gasteiger partial charge >= 0.3 is 0 Å². The topological polar surface area (TPSA) is 23.1 Å². The molecule has 0 aromatic rings. The number of halogens is 2. The summed E-state index contributed by atoms with van der Waals surface area (Å²) in [6.45, 7) is 3.68. The molecule has 0 aromatic carbocycles. The third-order valence-corrected chi connectivity index (χ3v) is 3.56. The number of alkyl halides is 2. The zero-order chi connectivity index (χ0) is 8.15. The summed E-state index contributed by atoms with van der Waals surface area (Å²) in [7, 11) is -1.17. The van der Waals surface area contributed by atoms with Gasteiger partial charge in [-0.3, -0.25) is 0 Å². The minimum Gasteiger partial charge on any atom is -0.829 e.